The van der Waals surface area contributed by atoms with Gasteiger partial charge in [0.05, 0.1) is 17.3 Å². The van der Waals surface area contributed by atoms with Crippen LogP contribution in [0.25, 0.3) is 10.9 Å². The first-order chi connectivity index (χ1) is 6.83. The fourth-order valence-corrected chi connectivity index (χ4v) is 1.40. The molecule has 0 unspecified atom stereocenters. The maximum absolute atomic E-state index is 5.85. The van der Waals surface area contributed by atoms with Gasteiger partial charge < -0.3 is 5.73 Å². The van der Waals surface area contributed by atoms with E-state index in [4.69, 9.17) is 5.73 Å². The molecule has 3 nitrogen and oxygen atoms in total. The van der Waals surface area contributed by atoms with Crippen molar-refractivity contribution in [3.8, 4) is 0 Å². The van der Waals surface area contributed by atoms with E-state index < -0.39 is 0 Å². The van der Waals surface area contributed by atoms with E-state index >= 15 is 0 Å². The van der Waals surface area contributed by atoms with Crippen molar-refractivity contribution in [1.82, 2.24) is 9.97 Å². The number of hydrogen-bond acceptors (Lipinski definition) is 3. The predicted octanol–water partition coefficient (Wildman–Crippen LogP) is 1.82. The van der Waals surface area contributed by atoms with E-state index in [0.717, 1.165) is 16.6 Å². The van der Waals surface area contributed by atoms with Crippen molar-refractivity contribution in [3.05, 3.63) is 48.9 Å². The Hall–Kier alpha value is -1.74. The highest BCUT2D eigenvalue weighted by Crippen LogP contribution is 2.19. The van der Waals surface area contributed by atoms with Crippen LogP contribution in [0.5, 0.6) is 0 Å². The molecule has 0 radical (unpaired) electrons. The number of fused-ring (bicyclic) bond motifs is 1. The molecule has 0 spiro atoms. The van der Waals surface area contributed by atoms with E-state index in [0.29, 0.717) is 0 Å². The van der Waals surface area contributed by atoms with E-state index in [9.17, 15) is 0 Å². The van der Waals surface area contributed by atoms with E-state index in [2.05, 4.69) is 16.5 Å². The highest BCUT2D eigenvalue weighted by Gasteiger charge is 2.07. The molecule has 2 aromatic heterocycles. The summed E-state index contributed by atoms with van der Waals surface area (Å²) in [6.07, 6.45) is 5.15. The lowest BCUT2D eigenvalue weighted by atomic mass is 10.1. The number of nitrogens with zero attached hydrogens (tertiary/aromatic N) is 2. The standard InChI is InChI=1S/C11H11N3/c1-2-9(12)11-8-4-3-6-13-10(8)5-7-14-11/h2-7,9H,1,12H2/t9-/m0/s1. The molecule has 0 saturated carbocycles. The lowest BCUT2D eigenvalue weighted by Crippen LogP contribution is -2.09. The van der Waals surface area contributed by atoms with Crippen LogP contribution in [0.2, 0.25) is 0 Å². The number of hydrogen-bond donors (Lipinski definition) is 1. The third-order valence-electron chi connectivity index (χ3n) is 2.13. The Kier molecular flexibility index (Phi) is 2.24. The van der Waals surface area contributed by atoms with Gasteiger partial charge in [-0.25, -0.2) is 0 Å². The van der Waals surface area contributed by atoms with Crippen LogP contribution in [-0.4, -0.2) is 9.97 Å². The summed E-state index contributed by atoms with van der Waals surface area (Å²) in [7, 11) is 0. The van der Waals surface area contributed by atoms with Crippen molar-refractivity contribution in [2.24, 2.45) is 5.73 Å². The smallest absolute Gasteiger partial charge is 0.0736 e. The minimum atomic E-state index is -0.233. The van der Waals surface area contributed by atoms with Gasteiger partial charge in [-0.3, -0.25) is 9.97 Å². The third-order valence-corrected chi connectivity index (χ3v) is 2.13. The molecule has 0 saturated heterocycles. The number of pyridine rings is 2. The summed E-state index contributed by atoms with van der Waals surface area (Å²) in [6.45, 7) is 3.66. The van der Waals surface area contributed by atoms with Crippen LogP contribution in [0.1, 0.15) is 11.7 Å². The fraction of sp³-hybridized carbons (Fsp3) is 0.0909. The maximum atomic E-state index is 5.85. The van der Waals surface area contributed by atoms with Gasteiger partial charge in [0.1, 0.15) is 0 Å². The molecule has 14 heavy (non-hydrogen) atoms. The summed E-state index contributed by atoms with van der Waals surface area (Å²) < 4.78 is 0. The molecule has 2 aromatic rings. The monoisotopic (exact) mass is 185 g/mol. The lowest BCUT2D eigenvalue weighted by molar-refractivity contribution is 0.876. The quantitative estimate of drug-likeness (QED) is 0.726. The van der Waals surface area contributed by atoms with Crippen LogP contribution < -0.4 is 5.73 Å². The second-order valence-corrected chi connectivity index (χ2v) is 3.03. The Bertz CT molecular complexity index is 460. The Labute approximate surface area is 82.3 Å². The maximum Gasteiger partial charge on any atom is 0.0736 e. The van der Waals surface area contributed by atoms with Crippen molar-refractivity contribution < 1.29 is 0 Å². The van der Waals surface area contributed by atoms with Gasteiger partial charge in [0.2, 0.25) is 0 Å². The number of aromatic nitrogens is 2. The molecule has 1 atom stereocenters. The number of nitrogens with two attached hydrogens (primary N) is 1. The lowest BCUT2D eigenvalue weighted by Gasteiger charge is -2.08. The zero-order chi connectivity index (χ0) is 9.97. The van der Waals surface area contributed by atoms with Crippen molar-refractivity contribution in [2.45, 2.75) is 6.04 Å². The minimum absolute atomic E-state index is 0.233. The van der Waals surface area contributed by atoms with Gasteiger partial charge in [-0.15, -0.1) is 6.58 Å². The van der Waals surface area contributed by atoms with Gasteiger partial charge >= 0.3 is 0 Å². The van der Waals surface area contributed by atoms with E-state index in [1.54, 1.807) is 18.5 Å². The molecule has 70 valence electrons. The molecule has 2 N–H and O–H groups in total. The van der Waals surface area contributed by atoms with Crippen molar-refractivity contribution in [3.63, 3.8) is 0 Å². The zero-order valence-electron chi connectivity index (χ0n) is 7.72. The van der Waals surface area contributed by atoms with Crippen LogP contribution in [0.3, 0.4) is 0 Å². The van der Waals surface area contributed by atoms with Crippen molar-refractivity contribution in [2.75, 3.05) is 0 Å². The first kappa shape index (κ1) is 8.84. The highest BCUT2D eigenvalue weighted by molar-refractivity contribution is 5.80. The van der Waals surface area contributed by atoms with Crippen LogP contribution >= 0.6 is 0 Å². The molecule has 2 rings (SSSR count). The highest BCUT2D eigenvalue weighted by atomic mass is 14.8. The van der Waals surface area contributed by atoms with Gasteiger partial charge in [-0.1, -0.05) is 6.08 Å². The Morgan fingerprint density at radius 3 is 2.93 bits per heavy atom. The molecule has 2 heterocycles. The SMILES string of the molecule is C=C[C@H](N)c1nccc2ncccc12. The van der Waals surface area contributed by atoms with Gasteiger partial charge in [0, 0.05) is 17.8 Å². The zero-order valence-corrected chi connectivity index (χ0v) is 7.72. The van der Waals surface area contributed by atoms with Gasteiger partial charge in [-0.05, 0) is 18.2 Å². The van der Waals surface area contributed by atoms with Crippen LogP contribution in [0.15, 0.2) is 43.2 Å². The fourth-order valence-electron chi connectivity index (χ4n) is 1.40. The third kappa shape index (κ3) is 1.38. The Balaban J connectivity index is 2.70. The summed E-state index contributed by atoms with van der Waals surface area (Å²) >= 11 is 0. The van der Waals surface area contributed by atoms with E-state index in [1.807, 2.05) is 18.2 Å². The first-order valence-corrected chi connectivity index (χ1v) is 4.40. The van der Waals surface area contributed by atoms with Crippen molar-refractivity contribution >= 4 is 10.9 Å². The topological polar surface area (TPSA) is 51.8 Å². The normalized spacial score (nSPS) is 12.6. The molecule has 0 aromatic carbocycles. The second-order valence-electron chi connectivity index (χ2n) is 3.03. The molecular weight excluding hydrogens is 174 g/mol. The first-order valence-electron chi connectivity index (χ1n) is 4.40. The summed E-state index contributed by atoms with van der Waals surface area (Å²) in [5.74, 6) is 0. The average molecular weight is 185 g/mol. The Morgan fingerprint density at radius 2 is 2.14 bits per heavy atom. The van der Waals surface area contributed by atoms with Gasteiger partial charge in [-0.2, -0.15) is 0 Å². The van der Waals surface area contributed by atoms with Crippen molar-refractivity contribution in [1.29, 1.82) is 0 Å². The average Bonchev–Trinajstić information content (AvgIpc) is 2.27. The van der Waals surface area contributed by atoms with E-state index in [1.165, 1.54) is 0 Å². The largest absolute Gasteiger partial charge is 0.319 e. The molecule has 0 aliphatic heterocycles. The molecule has 0 aliphatic rings. The second kappa shape index (κ2) is 3.55. The Morgan fingerprint density at radius 1 is 1.29 bits per heavy atom. The van der Waals surface area contributed by atoms with Crippen LogP contribution in [0.4, 0.5) is 0 Å². The summed E-state index contributed by atoms with van der Waals surface area (Å²) in [4.78, 5) is 8.47. The molecule has 0 bridgehead atoms. The van der Waals surface area contributed by atoms with Crippen LogP contribution in [0, 0.1) is 0 Å². The summed E-state index contributed by atoms with van der Waals surface area (Å²) in [5.41, 5.74) is 7.59. The molecule has 0 aliphatic carbocycles. The minimum Gasteiger partial charge on any atom is -0.319 e. The van der Waals surface area contributed by atoms with E-state index in [-0.39, 0.29) is 6.04 Å². The molecule has 0 fully saturated rings. The summed E-state index contributed by atoms with van der Waals surface area (Å²) in [6, 6.07) is 5.48. The number of rotatable bonds is 2. The van der Waals surface area contributed by atoms with Crippen LogP contribution in [-0.2, 0) is 0 Å². The summed E-state index contributed by atoms with van der Waals surface area (Å²) in [5, 5.41) is 0.988. The molecule has 0 amide bonds. The van der Waals surface area contributed by atoms with Gasteiger partial charge in [0.15, 0.2) is 0 Å². The molecule has 3 heteroatoms. The van der Waals surface area contributed by atoms with Gasteiger partial charge in [0.25, 0.3) is 0 Å². The molecular formula is C11H11N3. The predicted molar refractivity (Wildman–Crippen MR) is 56.7 cm³/mol.